The number of likely N-dealkylation sites (tertiary alicyclic amines) is 1. The molecule has 2 aliphatic rings. The summed E-state index contributed by atoms with van der Waals surface area (Å²) in [4.78, 5) is 15.1. The zero-order valence-electron chi connectivity index (χ0n) is 13.4. The van der Waals surface area contributed by atoms with Crippen molar-refractivity contribution in [3.63, 3.8) is 0 Å². The second-order valence-corrected chi connectivity index (χ2v) is 7.04. The molecule has 0 radical (unpaired) electrons. The summed E-state index contributed by atoms with van der Waals surface area (Å²) < 4.78 is 0. The van der Waals surface area contributed by atoms with Crippen molar-refractivity contribution in [2.75, 3.05) is 19.6 Å². The minimum absolute atomic E-state index is 0.226. The first-order valence-electron chi connectivity index (χ1n) is 8.61. The van der Waals surface area contributed by atoms with E-state index in [-0.39, 0.29) is 5.41 Å². The van der Waals surface area contributed by atoms with E-state index in [9.17, 15) is 4.79 Å². The van der Waals surface area contributed by atoms with Crippen LogP contribution in [0.5, 0.6) is 0 Å². The van der Waals surface area contributed by atoms with Gasteiger partial charge in [-0.15, -0.1) is 0 Å². The number of amides is 1. The van der Waals surface area contributed by atoms with Gasteiger partial charge >= 0.3 is 0 Å². The fourth-order valence-corrected chi connectivity index (χ4v) is 4.21. The molecule has 1 aliphatic carbocycles. The summed E-state index contributed by atoms with van der Waals surface area (Å²) in [6.07, 6.45) is 10.5. The summed E-state index contributed by atoms with van der Waals surface area (Å²) >= 11 is 0. The minimum Gasteiger partial charge on any atom is -0.342 e. The summed E-state index contributed by atoms with van der Waals surface area (Å²) in [5.41, 5.74) is 6.26. The molecule has 0 spiro atoms. The Balaban J connectivity index is 2.00. The number of carbonyl (C=O) groups excluding carboxylic acids is 1. The Bertz CT molecular complexity index is 320. The molecular weight excluding hydrogens is 248 g/mol. The fraction of sp³-hybridized carbons (Fsp3) is 0.941. The monoisotopic (exact) mass is 280 g/mol. The third-order valence-electron chi connectivity index (χ3n) is 6.27. The number of hydrogen-bond acceptors (Lipinski definition) is 2. The Morgan fingerprint density at radius 3 is 2.00 bits per heavy atom. The normalized spacial score (nSPS) is 25.4. The predicted octanol–water partition coefficient (Wildman–Crippen LogP) is 3.32. The van der Waals surface area contributed by atoms with Gasteiger partial charge in [-0.25, -0.2) is 0 Å². The Labute approximate surface area is 124 Å². The standard InChI is InChI=1S/C17H32N2O/c1-3-16(4-2)10-12-19(13-11-16)15(20)17(14-18)8-6-5-7-9-17/h3-14,18H2,1-2H3. The topological polar surface area (TPSA) is 46.3 Å². The molecule has 0 bridgehead atoms. The number of carbonyl (C=O) groups is 1. The largest absolute Gasteiger partial charge is 0.342 e. The van der Waals surface area contributed by atoms with Crippen molar-refractivity contribution in [1.29, 1.82) is 0 Å². The predicted molar refractivity (Wildman–Crippen MR) is 83.4 cm³/mol. The molecule has 0 aromatic heterocycles. The molecule has 0 aromatic carbocycles. The van der Waals surface area contributed by atoms with Gasteiger partial charge in [0, 0.05) is 19.6 Å². The van der Waals surface area contributed by atoms with E-state index < -0.39 is 0 Å². The van der Waals surface area contributed by atoms with E-state index in [1.165, 1.54) is 44.9 Å². The highest BCUT2D eigenvalue weighted by Crippen LogP contribution is 2.41. The van der Waals surface area contributed by atoms with Gasteiger partial charge in [0.05, 0.1) is 5.41 Å². The highest BCUT2D eigenvalue weighted by atomic mass is 16.2. The number of nitrogens with zero attached hydrogens (tertiary/aromatic N) is 1. The maximum Gasteiger partial charge on any atom is 0.230 e. The molecule has 1 amide bonds. The van der Waals surface area contributed by atoms with E-state index in [4.69, 9.17) is 5.73 Å². The van der Waals surface area contributed by atoms with Crippen LogP contribution in [0.2, 0.25) is 0 Å². The third-order valence-corrected chi connectivity index (χ3v) is 6.27. The third kappa shape index (κ3) is 2.88. The SMILES string of the molecule is CCC1(CC)CCN(C(=O)C2(CN)CCCCC2)CC1. The van der Waals surface area contributed by atoms with Crippen molar-refractivity contribution in [3.8, 4) is 0 Å². The van der Waals surface area contributed by atoms with Gasteiger partial charge < -0.3 is 10.6 Å². The molecule has 2 rings (SSSR count). The Kier molecular flexibility index (Phi) is 5.11. The van der Waals surface area contributed by atoms with Crippen molar-refractivity contribution in [2.45, 2.75) is 71.6 Å². The van der Waals surface area contributed by atoms with Crippen molar-refractivity contribution in [3.05, 3.63) is 0 Å². The van der Waals surface area contributed by atoms with Crippen LogP contribution in [0.25, 0.3) is 0 Å². The minimum atomic E-state index is -0.226. The van der Waals surface area contributed by atoms with Gasteiger partial charge in [-0.1, -0.05) is 46.0 Å². The second-order valence-electron chi connectivity index (χ2n) is 7.04. The summed E-state index contributed by atoms with van der Waals surface area (Å²) in [7, 11) is 0. The smallest absolute Gasteiger partial charge is 0.230 e. The first kappa shape index (κ1) is 15.8. The van der Waals surface area contributed by atoms with Crippen LogP contribution in [-0.4, -0.2) is 30.4 Å². The van der Waals surface area contributed by atoms with Crippen LogP contribution >= 0.6 is 0 Å². The highest BCUT2D eigenvalue weighted by Gasteiger charge is 2.43. The summed E-state index contributed by atoms with van der Waals surface area (Å²) in [5, 5.41) is 0. The van der Waals surface area contributed by atoms with Crippen LogP contribution in [0, 0.1) is 10.8 Å². The zero-order valence-corrected chi connectivity index (χ0v) is 13.4. The molecule has 3 nitrogen and oxygen atoms in total. The lowest BCUT2D eigenvalue weighted by Crippen LogP contribution is -2.52. The molecule has 0 aromatic rings. The lowest BCUT2D eigenvalue weighted by atomic mass is 9.71. The maximum absolute atomic E-state index is 12.9. The van der Waals surface area contributed by atoms with Crippen molar-refractivity contribution in [2.24, 2.45) is 16.6 Å². The highest BCUT2D eigenvalue weighted by molar-refractivity contribution is 5.83. The zero-order chi connectivity index (χ0) is 14.6. The molecule has 1 saturated carbocycles. The number of piperidine rings is 1. The van der Waals surface area contributed by atoms with Gasteiger partial charge in [-0.05, 0) is 31.1 Å². The molecule has 0 atom stereocenters. The summed E-state index contributed by atoms with van der Waals surface area (Å²) in [6.45, 7) is 7.02. The van der Waals surface area contributed by atoms with E-state index in [1.807, 2.05) is 0 Å². The first-order valence-corrected chi connectivity index (χ1v) is 8.61. The lowest BCUT2D eigenvalue weighted by molar-refractivity contribution is -0.146. The van der Waals surface area contributed by atoms with Crippen LogP contribution in [0.1, 0.15) is 71.6 Å². The van der Waals surface area contributed by atoms with E-state index in [0.717, 1.165) is 25.9 Å². The number of nitrogens with two attached hydrogens (primary N) is 1. The van der Waals surface area contributed by atoms with E-state index in [2.05, 4.69) is 18.7 Å². The lowest BCUT2D eigenvalue weighted by Gasteiger charge is -2.45. The average molecular weight is 280 g/mol. The quantitative estimate of drug-likeness (QED) is 0.858. The van der Waals surface area contributed by atoms with Crippen LogP contribution in [0.15, 0.2) is 0 Å². The Morgan fingerprint density at radius 2 is 1.55 bits per heavy atom. The van der Waals surface area contributed by atoms with E-state index in [0.29, 0.717) is 17.9 Å². The molecular formula is C17H32N2O. The van der Waals surface area contributed by atoms with Gasteiger partial charge in [0.1, 0.15) is 0 Å². The second kappa shape index (κ2) is 6.46. The first-order chi connectivity index (χ1) is 9.61. The molecule has 20 heavy (non-hydrogen) atoms. The molecule has 1 aliphatic heterocycles. The number of rotatable bonds is 4. The maximum atomic E-state index is 12.9. The Hall–Kier alpha value is -0.570. The van der Waals surface area contributed by atoms with Gasteiger partial charge in [0.2, 0.25) is 5.91 Å². The van der Waals surface area contributed by atoms with Gasteiger partial charge in [-0.2, -0.15) is 0 Å². The van der Waals surface area contributed by atoms with Crippen molar-refractivity contribution >= 4 is 5.91 Å². The number of hydrogen-bond donors (Lipinski definition) is 1. The van der Waals surface area contributed by atoms with Crippen molar-refractivity contribution < 1.29 is 4.79 Å². The molecule has 3 heteroatoms. The van der Waals surface area contributed by atoms with Crippen LogP contribution < -0.4 is 5.73 Å². The summed E-state index contributed by atoms with van der Waals surface area (Å²) in [5.74, 6) is 0.362. The fourth-order valence-electron chi connectivity index (χ4n) is 4.21. The Morgan fingerprint density at radius 1 is 1.00 bits per heavy atom. The molecule has 0 unspecified atom stereocenters. The molecule has 1 saturated heterocycles. The molecule has 116 valence electrons. The molecule has 1 heterocycles. The average Bonchev–Trinajstić information content (AvgIpc) is 2.55. The van der Waals surface area contributed by atoms with Gasteiger partial charge in [-0.3, -0.25) is 4.79 Å². The van der Waals surface area contributed by atoms with Gasteiger partial charge in [0.25, 0.3) is 0 Å². The van der Waals surface area contributed by atoms with E-state index in [1.54, 1.807) is 0 Å². The summed E-state index contributed by atoms with van der Waals surface area (Å²) in [6, 6.07) is 0. The van der Waals surface area contributed by atoms with Gasteiger partial charge in [0.15, 0.2) is 0 Å². The molecule has 2 N–H and O–H groups in total. The molecule has 2 fully saturated rings. The van der Waals surface area contributed by atoms with Crippen molar-refractivity contribution in [1.82, 2.24) is 4.90 Å². The van der Waals surface area contributed by atoms with Crippen LogP contribution in [-0.2, 0) is 4.79 Å². The van der Waals surface area contributed by atoms with Crippen LogP contribution in [0.3, 0.4) is 0 Å². The van der Waals surface area contributed by atoms with E-state index >= 15 is 0 Å². The van der Waals surface area contributed by atoms with Crippen LogP contribution in [0.4, 0.5) is 0 Å².